The Morgan fingerprint density at radius 3 is 2.25 bits per heavy atom. The van der Waals surface area contributed by atoms with E-state index in [4.69, 9.17) is 0 Å². The highest BCUT2D eigenvalue weighted by Crippen LogP contribution is 2.37. The minimum Gasteiger partial charge on any atom is -0.0979 e. The van der Waals surface area contributed by atoms with Crippen molar-refractivity contribution in [2.24, 2.45) is 5.92 Å². The summed E-state index contributed by atoms with van der Waals surface area (Å²) < 4.78 is 0. The van der Waals surface area contributed by atoms with E-state index in [2.05, 4.69) is 50.0 Å². The third-order valence-electron chi connectivity index (χ3n) is 4.53. The fraction of sp³-hybridized carbons (Fsp3) is 0.600. The number of rotatable bonds is 4. The number of hydrogen-bond acceptors (Lipinski definition) is 0. The molecule has 1 aliphatic rings. The molecule has 0 heterocycles. The van der Waals surface area contributed by atoms with Crippen LogP contribution in [0.2, 0.25) is 0 Å². The Morgan fingerprint density at radius 1 is 0.950 bits per heavy atom. The summed E-state index contributed by atoms with van der Waals surface area (Å²) in [6.07, 6.45) is 10.5. The average molecular weight is 268 g/mol. The zero-order valence-electron chi connectivity index (χ0n) is 13.1. The van der Waals surface area contributed by atoms with Crippen LogP contribution in [0.5, 0.6) is 0 Å². The molecule has 0 heteroatoms. The summed E-state index contributed by atoms with van der Waals surface area (Å²) in [5.74, 6) is 8.26. The van der Waals surface area contributed by atoms with Crippen molar-refractivity contribution in [1.29, 1.82) is 0 Å². The lowest BCUT2D eigenvalue weighted by molar-refractivity contribution is 0.308. The Bertz CT molecular complexity index is 435. The molecule has 0 saturated heterocycles. The van der Waals surface area contributed by atoms with Crippen LogP contribution in [0.15, 0.2) is 24.3 Å². The van der Waals surface area contributed by atoms with Gasteiger partial charge in [-0.15, -0.1) is 0 Å². The van der Waals surface area contributed by atoms with E-state index in [0.717, 1.165) is 24.7 Å². The molecule has 0 spiro atoms. The monoisotopic (exact) mass is 268 g/mol. The van der Waals surface area contributed by atoms with Gasteiger partial charge in [0.15, 0.2) is 0 Å². The van der Waals surface area contributed by atoms with Crippen LogP contribution in [-0.4, -0.2) is 0 Å². The van der Waals surface area contributed by atoms with Crippen molar-refractivity contribution in [3.63, 3.8) is 0 Å². The van der Waals surface area contributed by atoms with E-state index in [1.54, 1.807) is 0 Å². The Morgan fingerprint density at radius 2 is 1.65 bits per heavy atom. The van der Waals surface area contributed by atoms with Gasteiger partial charge in [0.05, 0.1) is 0 Å². The van der Waals surface area contributed by atoms with Crippen LogP contribution in [0.25, 0.3) is 0 Å². The van der Waals surface area contributed by atoms with E-state index < -0.39 is 0 Å². The van der Waals surface area contributed by atoms with E-state index in [-0.39, 0.29) is 0 Å². The van der Waals surface area contributed by atoms with Gasteiger partial charge in [-0.25, -0.2) is 0 Å². The van der Waals surface area contributed by atoms with Crippen molar-refractivity contribution >= 4 is 0 Å². The van der Waals surface area contributed by atoms with Crippen molar-refractivity contribution in [2.45, 2.75) is 71.1 Å². The largest absolute Gasteiger partial charge is 0.0979 e. The first-order valence-corrected chi connectivity index (χ1v) is 8.42. The quantitative estimate of drug-likeness (QED) is 0.595. The van der Waals surface area contributed by atoms with E-state index in [1.807, 2.05) is 0 Å². The normalized spacial score (nSPS) is 22.1. The summed E-state index contributed by atoms with van der Waals surface area (Å²) >= 11 is 0. The number of benzene rings is 1. The smallest absolute Gasteiger partial charge is 0.0245 e. The molecule has 1 aliphatic carbocycles. The van der Waals surface area contributed by atoms with Crippen LogP contribution in [0.4, 0.5) is 0 Å². The van der Waals surface area contributed by atoms with Crippen molar-refractivity contribution in [2.75, 3.05) is 0 Å². The molecule has 20 heavy (non-hydrogen) atoms. The first-order valence-electron chi connectivity index (χ1n) is 8.42. The highest BCUT2D eigenvalue weighted by atomic mass is 14.3. The summed E-state index contributed by atoms with van der Waals surface area (Å²) in [6.45, 7) is 4.48. The second-order valence-corrected chi connectivity index (χ2v) is 6.18. The summed E-state index contributed by atoms with van der Waals surface area (Å²) in [4.78, 5) is 0. The fourth-order valence-corrected chi connectivity index (χ4v) is 3.32. The van der Waals surface area contributed by atoms with E-state index in [0.29, 0.717) is 0 Å². The molecule has 0 N–H and O–H groups in total. The predicted molar refractivity (Wildman–Crippen MR) is 87.8 cm³/mol. The molecule has 0 amide bonds. The molecule has 0 nitrogen and oxygen atoms in total. The molecular weight excluding hydrogens is 240 g/mol. The SMILES string of the molecule is CCCC#Cc1ccc([C@H]2CC[C@H](CCC)CC2)cc1. The van der Waals surface area contributed by atoms with Gasteiger partial charge in [0.1, 0.15) is 0 Å². The third-order valence-corrected chi connectivity index (χ3v) is 4.53. The Hall–Kier alpha value is -1.22. The van der Waals surface area contributed by atoms with E-state index in [9.17, 15) is 0 Å². The van der Waals surface area contributed by atoms with E-state index in [1.165, 1.54) is 49.7 Å². The van der Waals surface area contributed by atoms with Crippen LogP contribution in [0.1, 0.15) is 82.3 Å². The molecular formula is C20H28. The first-order chi connectivity index (χ1) is 9.83. The Kier molecular flexibility index (Phi) is 6.19. The number of unbranched alkanes of at least 4 members (excludes halogenated alkanes) is 1. The van der Waals surface area contributed by atoms with Crippen LogP contribution >= 0.6 is 0 Å². The van der Waals surface area contributed by atoms with E-state index >= 15 is 0 Å². The van der Waals surface area contributed by atoms with Gasteiger partial charge in [0, 0.05) is 12.0 Å². The molecule has 2 rings (SSSR count). The molecule has 0 atom stereocenters. The maximum absolute atomic E-state index is 3.25. The average Bonchev–Trinajstić information content (AvgIpc) is 2.49. The zero-order valence-corrected chi connectivity index (χ0v) is 13.1. The summed E-state index contributed by atoms with van der Waals surface area (Å²) in [5, 5.41) is 0. The van der Waals surface area contributed by atoms with Gasteiger partial charge in [-0.3, -0.25) is 0 Å². The van der Waals surface area contributed by atoms with Crippen LogP contribution in [0, 0.1) is 17.8 Å². The first kappa shape index (κ1) is 15.2. The van der Waals surface area contributed by atoms with Crippen LogP contribution < -0.4 is 0 Å². The van der Waals surface area contributed by atoms with Gasteiger partial charge in [-0.05, 0) is 61.6 Å². The van der Waals surface area contributed by atoms with Gasteiger partial charge in [-0.1, -0.05) is 50.7 Å². The van der Waals surface area contributed by atoms with Crippen LogP contribution in [-0.2, 0) is 0 Å². The second-order valence-electron chi connectivity index (χ2n) is 6.18. The van der Waals surface area contributed by atoms with Crippen LogP contribution in [0.3, 0.4) is 0 Å². The molecule has 1 aromatic carbocycles. The van der Waals surface area contributed by atoms with Gasteiger partial charge < -0.3 is 0 Å². The summed E-state index contributed by atoms with van der Waals surface area (Å²) in [7, 11) is 0. The molecule has 0 bridgehead atoms. The van der Waals surface area contributed by atoms with Gasteiger partial charge in [-0.2, -0.15) is 0 Å². The lowest BCUT2D eigenvalue weighted by atomic mass is 9.77. The molecule has 108 valence electrons. The molecule has 1 aromatic rings. The highest BCUT2D eigenvalue weighted by Gasteiger charge is 2.21. The van der Waals surface area contributed by atoms with Gasteiger partial charge >= 0.3 is 0 Å². The number of hydrogen-bond donors (Lipinski definition) is 0. The Labute approximate surface area is 125 Å². The fourth-order valence-electron chi connectivity index (χ4n) is 3.32. The Balaban J connectivity index is 1.89. The maximum Gasteiger partial charge on any atom is 0.0245 e. The summed E-state index contributed by atoms with van der Waals surface area (Å²) in [6, 6.07) is 9.02. The molecule has 1 saturated carbocycles. The molecule has 0 aromatic heterocycles. The minimum atomic E-state index is 0.792. The molecule has 0 aliphatic heterocycles. The molecule has 0 unspecified atom stereocenters. The third kappa shape index (κ3) is 4.41. The molecule has 1 fully saturated rings. The lowest BCUT2D eigenvalue weighted by Gasteiger charge is -2.28. The van der Waals surface area contributed by atoms with Crippen molar-refractivity contribution in [3.8, 4) is 11.8 Å². The topological polar surface area (TPSA) is 0 Å². The minimum absolute atomic E-state index is 0.792. The second kappa shape index (κ2) is 8.15. The standard InChI is InChI=1S/C20H28/c1-3-5-6-8-18-11-15-20(16-12-18)19-13-9-17(7-4-2)10-14-19/h11-12,15-17,19H,3-5,7,9-10,13-14H2,1-2H3/t17-,19-. The van der Waals surface area contributed by atoms with Crippen molar-refractivity contribution < 1.29 is 0 Å². The molecule has 0 radical (unpaired) electrons. The highest BCUT2D eigenvalue weighted by molar-refractivity contribution is 5.37. The maximum atomic E-state index is 3.25. The predicted octanol–water partition coefficient (Wildman–Crippen LogP) is 5.91. The van der Waals surface area contributed by atoms with Crippen molar-refractivity contribution in [1.82, 2.24) is 0 Å². The van der Waals surface area contributed by atoms with Gasteiger partial charge in [0.2, 0.25) is 0 Å². The zero-order chi connectivity index (χ0) is 14.2. The summed E-state index contributed by atoms with van der Waals surface area (Å²) in [5.41, 5.74) is 2.70. The van der Waals surface area contributed by atoms with Crippen molar-refractivity contribution in [3.05, 3.63) is 35.4 Å². The lowest BCUT2D eigenvalue weighted by Crippen LogP contribution is -2.13. The van der Waals surface area contributed by atoms with Gasteiger partial charge in [0.25, 0.3) is 0 Å².